The Morgan fingerprint density at radius 2 is 2.24 bits per heavy atom. The van der Waals surface area contributed by atoms with Crippen molar-refractivity contribution in [2.45, 2.75) is 38.6 Å². The van der Waals surface area contributed by atoms with Crippen molar-refractivity contribution in [1.82, 2.24) is 10.6 Å². The first-order valence-electron chi connectivity index (χ1n) is 5.84. The SMILES string of the molecule is CCCOCCC(=O)NC1CCC(=O)NC1=O. The summed E-state index contributed by atoms with van der Waals surface area (Å²) in [5, 5.41) is 4.77. The van der Waals surface area contributed by atoms with Crippen molar-refractivity contribution in [2.24, 2.45) is 0 Å². The maximum Gasteiger partial charge on any atom is 0.249 e. The van der Waals surface area contributed by atoms with Gasteiger partial charge in [0.05, 0.1) is 6.61 Å². The summed E-state index contributed by atoms with van der Waals surface area (Å²) in [6.07, 6.45) is 1.78. The molecule has 0 radical (unpaired) electrons. The average Bonchev–Trinajstić information content (AvgIpc) is 2.28. The van der Waals surface area contributed by atoms with Gasteiger partial charge in [0, 0.05) is 19.4 Å². The third-order valence-electron chi connectivity index (χ3n) is 2.40. The smallest absolute Gasteiger partial charge is 0.249 e. The molecule has 0 bridgehead atoms. The first-order valence-corrected chi connectivity index (χ1v) is 5.84. The summed E-state index contributed by atoms with van der Waals surface area (Å²) in [6, 6.07) is -0.591. The molecule has 1 atom stereocenters. The minimum atomic E-state index is -0.591. The first-order chi connectivity index (χ1) is 8.13. The molecule has 1 aliphatic heterocycles. The van der Waals surface area contributed by atoms with Gasteiger partial charge >= 0.3 is 0 Å². The summed E-state index contributed by atoms with van der Waals surface area (Å²) in [4.78, 5) is 33.7. The Balaban J connectivity index is 2.21. The Labute approximate surface area is 100 Å². The number of rotatable bonds is 6. The van der Waals surface area contributed by atoms with Crippen LogP contribution >= 0.6 is 0 Å². The zero-order valence-electron chi connectivity index (χ0n) is 9.95. The topological polar surface area (TPSA) is 84.5 Å². The van der Waals surface area contributed by atoms with Crippen LogP contribution in [0.25, 0.3) is 0 Å². The van der Waals surface area contributed by atoms with E-state index in [1.165, 1.54) is 0 Å². The maximum absolute atomic E-state index is 11.4. The Kier molecular flexibility index (Phi) is 5.62. The summed E-state index contributed by atoms with van der Waals surface area (Å²) < 4.78 is 5.17. The van der Waals surface area contributed by atoms with Crippen LogP contribution in [0, 0.1) is 0 Å². The molecular weight excluding hydrogens is 224 g/mol. The van der Waals surface area contributed by atoms with Crippen LogP contribution in [-0.2, 0) is 19.1 Å². The Hall–Kier alpha value is -1.43. The molecule has 6 nitrogen and oxygen atoms in total. The van der Waals surface area contributed by atoms with Gasteiger partial charge in [0.2, 0.25) is 17.7 Å². The number of amides is 3. The highest BCUT2D eigenvalue weighted by Crippen LogP contribution is 2.04. The molecule has 0 spiro atoms. The zero-order valence-corrected chi connectivity index (χ0v) is 9.95. The van der Waals surface area contributed by atoms with E-state index in [1.807, 2.05) is 6.92 Å². The second kappa shape index (κ2) is 7.01. The van der Waals surface area contributed by atoms with Crippen LogP contribution in [0.1, 0.15) is 32.6 Å². The molecule has 17 heavy (non-hydrogen) atoms. The molecule has 0 aliphatic carbocycles. The lowest BCUT2D eigenvalue weighted by Gasteiger charge is -2.21. The highest BCUT2D eigenvalue weighted by molar-refractivity contribution is 6.01. The molecule has 0 saturated carbocycles. The van der Waals surface area contributed by atoms with Crippen molar-refractivity contribution in [3.8, 4) is 0 Å². The van der Waals surface area contributed by atoms with Crippen LogP contribution in [0.5, 0.6) is 0 Å². The van der Waals surface area contributed by atoms with Crippen LogP contribution in [0.15, 0.2) is 0 Å². The van der Waals surface area contributed by atoms with Crippen molar-refractivity contribution < 1.29 is 19.1 Å². The van der Waals surface area contributed by atoms with E-state index in [0.29, 0.717) is 19.6 Å². The second-order valence-electron chi connectivity index (χ2n) is 3.93. The van der Waals surface area contributed by atoms with E-state index in [9.17, 15) is 14.4 Å². The van der Waals surface area contributed by atoms with Crippen LogP contribution in [-0.4, -0.2) is 37.0 Å². The predicted octanol–water partition coefficient (Wildman–Crippen LogP) is -0.275. The molecule has 0 aromatic rings. The van der Waals surface area contributed by atoms with E-state index < -0.39 is 11.9 Å². The van der Waals surface area contributed by atoms with Crippen LogP contribution in [0.2, 0.25) is 0 Å². The molecule has 96 valence electrons. The summed E-state index contributed by atoms with van der Waals surface area (Å²) in [6.45, 7) is 2.97. The summed E-state index contributed by atoms with van der Waals surface area (Å²) in [7, 11) is 0. The molecule has 3 amide bonds. The number of nitrogens with one attached hydrogen (secondary N) is 2. The molecule has 0 aromatic heterocycles. The number of piperidine rings is 1. The lowest BCUT2D eigenvalue weighted by atomic mass is 10.1. The lowest BCUT2D eigenvalue weighted by molar-refractivity contribution is -0.137. The number of hydrogen-bond acceptors (Lipinski definition) is 4. The largest absolute Gasteiger partial charge is 0.381 e. The number of hydrogen-bond donors (Lipinski definition) is 2. The van der Waals surface area contributed by atoms with Gasteiger partial charge in [-0.25, -0.2) is 0 Å². The zero-order chi connectivity index (χ0) is 12.7. The molecule has 2 N–H and O–H groups in total. The lowest BCUT2D eigenvalue weighted by Crippen LogP contribution is -2.52. The average molecular weight is 242 g/mol. The van der Waals surface area contributed by atoms with E-state index in [1.54, 1.807) is 0 Å². The van der Waals surface area contributed by atoms with Crippen molar-refractivity contribution in [2.75, 3.05) is 13.2 Å². The van der Waals surface area contributed by atoms with Crippen LogP contribution < -0.4 is 10.6 Å². The molecule has 0 aromatic carbocycles. The molecule has 6 heteroatoms. The van der Waals surface area contributed by atoms with Gasteiger partial charge in [0.1, 0.15) is 6.04 Å². The predicted molar refractivity (Wildman–Crippen MR) is 60.0 cm³/mol. The highest BCUT2D eigenvalue weighted by Gasteiger charge is 2.27. The summed E-state index contributed by atoms with van der Waals surface area (Å²) in [5.74, 6) is -0.938. The Morgan fingerprint density at radius 3 is 2.88 bits per heavy atom. The first kappa shape index (κ1) is 13.6. The van der Waals surface area contributed by atoms with Gasteiger partial charge < -0.3 is 10.1 Å². The number of imide groups is 1. The number of ether oxygens (including phenoxy) is 1. The van der Waals surface area contributed by atoms with Gasteiger partial charge in [-0.2, -0.15) is 0 Å². The fraction of sp³-hybridized carbons (Fsp3) is 0.727. The Morgan fingerprint density at radius 1 is 1.47 bits per heavy atom. The van der Waals surface area contributed by atoms with Gasteiger partial charge in [0.15, 0.2) is 0 Å². The highest BCUT2D eigenvalue weighted by atomic mass is 16.5. The molecule has 1 saturated heterocycles. The van der Waals surface area contributed by atoms with Gasteiger partial charge in [-0.1, -0.05) is 6.92 Å². The third-order valence-corrected chi connectivity index (χ3v) is 2.40. The molecular formula is C11H18N2O4. The van der Waals surface area contributed by atoms with Crippen LogP contribution in [0.4, 0.5) is 0 Å². The van der Waals surface area contributed by atoms with Gasteiger partial charge in [0.25, 0.3) is 0 Å². The van der Waals surface area contributed by atoms with Gasteiger partial charge in [-0.05, 0) is 12.8 Å². The standard InChI is InChI=1S/C11H18N2O4/c1-2-6-17-7-5-10(15)12-8-3-4-9(14)13-11(8)16/h8H,2-7H2,1H3,(H,12,15)(H,13,14,16). The quantitative estimate of drug-likeness (QED) is 0.496. The monoisotopic (exact) mass is 242 g/mol. The molecule has 1 rings (SSSR count). The van der Waals surface area contributed by atoms with E-state index in [-0.39, 0.29) is 24.7 Å². The fourth-order valence-corrected chi connectivity index (χ4v) is 1.51. The van der Waals surface area contributed by atoms with E-state index in [4.69, 9.17) is 4.74 Å². The fourth-order valence-electron chi connectivity index (χ4n) is 1.51. The number of carbonyl (C=O) groups excluding carboxylic acids is 3. The van der Waals surface area contributed by atoms with E-state index >= 15 is 0 Å². The van der Waals surface area contributed by atoms with Crippen molar-refractivity contribution in [1.29, 1.82) is 0 Å². The third kappa shape index (κ3) is 4.95. The molecule has 1 heterocycles. The second-order valence-corrected chi connectivity index (χ2v) is 3.93. The van der Waals surface area contributed by atoms with Crippen molar-refractivity contribution >= 4 is 17.7 Å². The van der Waals surface area contributed by atoms with Crippen molar-refractivity contribution in [3.05, 3.63) is 0 Å². The van der Waals surface area contributed by atoms with Crippen LogP contribution in [0.3, 0.4) is 0 Å². The number of carbonyl (C=O) groups is 3. The molecule has 1 aliphatic rings. The minimum absolute atomic E-state index is 0.226. The van der Waals surface area contributed by atoms with Gasteiger partial charge in [-0.15, -0.1) is 0 Å². The van der Waals surface area contributed by atoms with E-state index in [2.05, 4.69) is 10.6 Å². The minimum Gasteiger partial charge on any atom is -0.381 e. The maximum atomic E-state index is 11.4. The van der Waals surface area contributed by atoms with Gasteiger partial charge in [-0.3, -0.25) is 19.7 Å². The Bertz CT molecular complexity index is 304. The summed E-state index contributed by atoms with van der Waals surface area (Å²) in [5.41, 5.74) is 0. The normalized spacial score (nSPS) is 19.9. The molecule has 1 fully saturated rings. The van der Waals surface area contributed by atoms with E-state index in [0.717, 1.165) is 6.42 Å². The summed E-state index contributed by atoms with van der Waals surface area (Å²) >= 11 is 0. The van der Waals surface area contributed by atoms with Crippen molar-refractivity contribution in [3.63, 3.8) is 0 Å². The molecule has 1 unspecified atom stereocenters.